The van der Waals surface area contributed by atoms with E-state index in [1.54, 1.807) is 0 Å². The van der Waals surface area contributed by atoms with Gasteiger partial charge in [0.05, 0.1) is 0 Å². The van der Waals surface area contributed by atoms with Crippen LogP contribution >= 0.6 is 0 Å². The van der Waals surface area contributed by atoms with Crippen molar-refractivity contribution in [1.29, 1.82) is 0 Å². The molecule has 3 N–H and O–H groups in total. The molecule has 2 rings (SSSR count). The minimum atomic E-state index is 0.105. The summed E-state index contributed by atoms with van der Waals surface area (Å²) in [6, 6.07) is 5.79. The third-order valence-corrected chi connectivity index (χ3v) is 5.95. The van der Waals surface area contributed by atoms with Crippen LogP contribution in [0.1, 0.15) is 97.1 Å². The highest BCUT2D eigenvalue weighted by Crippen LogP contribution is 2.27. The molecule has 3 nitrogen and oxygen atoms in total. The van der Waals surface area contributed by atoms with Crippen LogP contribution < -0.4 is 5.32 Å². The van der Waals surface area contributed by atoms with Gasteiger partial charge in [0.25, 0.3) is 0 Å². The topological polar surface area (TPSA) is 52.5 Å². The largest absolute Gasteiger partial charge is 0.508 e. The van der Waals surface area contributed by atoms with E-state index in [0.29, 0.717) is 5.92 Å². The molecule has 0 fully saturated rings. The fraction of sp³-hybridized carbons (Fsp3) is 0.484. The third-order valence-electron chi connectivity index (χ3n) is 5.95. The van der Waals surface area contributed by atoms with E-state index in [-0.39, 0.29) is 11.5 Å². The van der Waals surface area contributed by atoms with Crippen LogP contribution in [0.15, 0.2) is 72.7 Å². The lowest BCUT2D eigenvalue weighted by molar-refractivity contribution is 0.431. The van der Waals surface area contributed by atoms with E-state index in [1.807, 2.05) is 45.0 Å². The monoisotopic (exact) mass is 467 g/mol. The molecule has 34 heavy (non-hydrogen) atoms. The number of hydrogen-bond donors (Lipinski definition) is 3. The zero-order valence-electron chi connectivity index (χ0n) is 22.6. The molecule has 0 radical (unpaired) electrons. The van der Waals surface area contributed by atoms with Crippen molar-refractivity contribution in [2.24, 2.45) is 5.92 Å². The highest BCUT2D eigenvalue weighted by molar-refractivity contribution is 5.63. The SMILES string of the molecule is C=C(O)c1ccc(NC(=C)C(CCC)CCC)c(C)c1.C=C/C(O)=C\C1=C(C)CCCC1.CC. The van der Waals surface area contributed by atoms with E-state index in [1.165, 1.54) is 62.2 Å². The standard InChI is InChI=1S/C18H27NO.C11H16O.C2H6/c1-6-8-16(9-7-2)14(4)19-18-11-10-17(15(5)20)12-13(18)3;1-3-11(12)8-10-7-5-4-6-9(10)2;1-2/h10-12,16,19-20H,4-9H2,1-3H3;3,8,12H,1,4-7H2,2H3;1-2H3/b;11-8+;. The number of aliphatic hydroxyl groups is 2. The summed E-state index contributed by atoms with van der Waals surface area (Å²) in [5.74, 6) is 0.913. The lowest BCUT2D eigenvalue weighted by Crippen LogP contribution is -2.11. The Bertz CT molecular complexity index is 839. The van der Waals surface area contributed by atoms with Gasteiger partial charge in [-0.3, -0.25) is 0 Å². The van der Waals surface area contributed by atoms with E-state index >= 15 is 0 Å². The molecule has 1 aliphatic carbocycles. The second kappa shape index (κ2) is 17.8. The van der Waals surface area contributed by atoms with Crippen LogP contribution in [0.2, 0.25) is 0 Å². The minimum absolute atomic E-state index is 0.105. The highest BCUT2D eigenvalue weighted by Gasteiger charge is 2.12. The molecule has 3 heteroatoms. The lowest BCUT2D eigenvalue weighted by atomic mass is 9.92. The second-order valence-electron chi connectivity index (χ2n) is 8.69. The fourth-order valence-corrected chi connectivity index (χ4v) is 3.96. The highest BCUT2D eigenvalue weighted by atomic mass is 16.3. The Labute approximate surface area is 209 Å². The summed E-state index contributed by atoms with van der Waals surface area (Å²) in [6.45, 7) is 23.9. The Morgan fingerprint density at radius 1 is 1.03 bits per heavy atom. The fourth-order valence-electron chi connectivity index (χ4n) is 3.96. The number of nitrogens with one attached hydrogen (secondary N) is 1. The van der Waals surface area contributed by atoms with E-state index in [0.717, 1.165) is 28.9 Å². The Balaban J connectivity index is 0.000000662. The molecule has 0 atom stereocenters. The van der Waals surface area contributed by atoms with Crippen LogP contribution in [0.25, 0.3) is 5.76 Å². The van der Waals surface area contributed by atoms with Crippen LogP contribution in [0.3, 0.4) is 0 Å². The molecule has 1 aromatic carbocycles. The first-order valence-electron chi connectivity index (χ1n) is 12.9. The predicted molar refractivity (Wildman–Crippen MR) is 152 cm³/mol. The maximum absolute atomic E-state index is 9.42. The van der Waals surface area contributed by atoms with Crippen LogP contribution in [0.5, 0.6) is 0 Å². The van der Waals surface area contributed by atoms with Gasteiger partial charge in [0.15, 0.2) is 0 Å². The molecular formula is C31H49NO2. The first kappa shape index (κ1) is 31.3. The van der Waals surface area contributed by atoms with Gasteiger partial charge in [-0.05, 0) is 99.8 Å². The molecule has 1 aliphatic rings. The summed E-state index contributed by atoms with van der Waals surface area (Å²) in [5.41, 5.74) is 6.70. The molecular weight excluding hydrogens is 418 g/mol. The van der Waals surface area contributed by atoms with Crippen molar-refractivity contribution < 1.29 is 10.2 Å². The molecule has 0 unspecified atom stereocenters. The second-order valence-corrected chi connectivity index (χ2v) is 8.69. The molecule has 0 aliphatic heterocycles. The van der Waals surface area contributed by atoms with Crippen molar-refractivity contribution in [3.05, 3.63) is 83.8 Å². The number of anilines is 1. The summed E-state index contributed by atoms with van der Waals surface area (Å²) >= 11 is 0. The van der Waals surface area contributed by atoms with E-state index in [4.69, 9.17) is 0 Å². The van der Waals surface area contributed by atoms with Gasteiger partial charge >= 0.3 is 0 Å². The van der Waals surface area contributed by atoms with Gasteiger partial charge in [-0.1, -0.05) is 65.8 Å². The van der Waals surface area contributed by atoms with Gasteiger partial charge in [0, 0.05) is 16.9 Å². The molecule has 0 bridgehead atoms. The summed E-state index contributed by atoms with van der Waals surface area (Å²) < 4.78 is 0. The van der Waals surface area contributed by atoms with Crippen LogP contribution in [-0.2, 0) is 0 Å². The number of allylic oxidation sites excluding steroid dienone is 5. The summed E-state index contributed by atoms with van der Waals surface area (Å²) in [6.07, 6.45) is 12.8. The summed E-state index contributed by atoms with van der Waals surface area (Å²) in [5, 5.41) is 22.1. The molecule has 0 aromatic heterocycles. The lowest BCUT2D eigenvalue weighted by Gasteiger charge is -2.21. The van der Waals surface area contributed by atoms with Crippen LogP contribution in [-0.4, -0.2) is 10.2 Å². The zero-order valence-corrected chi connectivity index (χ0v) is 22.6. The van der Waals surface area contributed by atoms with Gasteiger partial charge in [0.2, 0.25) is 0 Å². The summed E-state index contributed by atoms with van der Waals surface area (Å²) in [7, 11) is 0. The van der Waals surface area contributed by atoms with E-state index in [2.05, 4.69) is 45.8 Å². The van der Waals surface area contributed by atoms with E-state index < -0.39 is 0 Å². The van der Waals surface area contributed by atoms with Crippen molar-refractivity contribution >= 4 is 11.4 Å². The normalized spacial score (nSPS) is 13.3. The van der Waals surface area contributed by atoms with Crippen LogP contribution in [0, 0.1) is 12.8 Å². The Hall–Kier alpha value is -2.68. The van der Waals surface area contributed by atoms with Gasteiger partial charge in [-0.15, -0.1) is 0 Å². The Morgan fingerprint density at radius 3 is 2.09 bits per heavy atom. The summed E-state index contributed by atoms with van der Waals surface area (Å²) in [4.78, 5) is 0. The van der Waals surface area contributed by atoms with Crippen molar-refractivity contribution in [2.45, 2.75) is 92.9 Å². The average molecular weight is 468 g/mol. The molecule has 0 heterocycles. The molecule has 1 aromatic rings. The van der Waals surface area contributed by atoms with Crippen molar-refractivity contribution in [2.75, 3.05) is 5.32 Å². The number of hydrogen-bond acceptors (Lipinski definition) is 3. The van der Waals surface area contributed by atoms with Gasteiger partial charge < -0.3 is 15.5 Å². The molecule has 0 spiro atoms. The number of aliphatic hydroxyl groups excluding tert-OH is 2. The number of benzene rings is 1. The number of aryl methyl sites for hydroxylation is 1. The Morgan fingerprint density at radius 2 is 1.62 bits per heavy atom. The van der Waals surface area contributed by atoms with Crippen LogP contribution in [0.4, 0.5) is 5.69 Å². The third kappa shape index (κ3) is 11.4. The molecule has 190 valence electrons. The van der Waals surface area contributed by atoms with Crippen molar-refractivity contribution in [1.82, 2.24) is 0 Å². The van der Waals surface area contributed by atoms with Gasteiger partial charge in [0.1, 0.15) is 11.5 Å². The molecule has 0 amide bonds. The van der Waals surface area contributed by atoms with Crippen molar-refractivity contribution in [3.8, 4) is 0 Å². The first-order chi connectivity index (χ1) is 16.2. The maximum atomic E-state index is 9.42. The Kier molecular flexibility index (Phi) is 16.4. The maximum Gasteiger partial charge on any atom is 0.115 e. The van der Waals surface area contributed by atoms with Gasteiger partial charge in [-0.25, -0.2) is 0 Å². The van der Waals surface area contributed by atoms with E-state index in [9.17, 15) is 10.2 Å². The minimum Gasteiger partial charge on any atom is -0.508 e. The smallest absolute Gasteiger partial charge is 0.115 e. The quantitative estimate of drug-likeness (QED) is 0.237. The van der Waals surface area contributed by atoms with Gasteiger partial charge in [-0.2, -0.15) is 0 Å². The average Bonchev–Trinajstić information content (AvgIpc) is 2.83. The molecule has 0 saturated carbocycles. The van der Waals surface area contributed by atoms with Crippen molar-refractivity contribution in [3.63, 3.8) is 0 Å². The number of rotatable bonds is 10. The predicted octanol–water partition coefficient (Wildman–Crippen LogP) is 10.2. The molecule has 0 saturated heterocycles. The zero-order chi connectivity index (χ0) is 26.1. The first-order valence-corrected chi connectivity index (χ1v) is 12.9.